The fraction of sp³-hybridized carbons (Fsp3) is 0.524. The first-order chi connectivity index (χ1) is 14.0. The third-order valence-corrected chi connectivity index (χ3v) is 6.79. The van der Waals surface area contributed by atoms with Gasteiger partial charge in [-0.2, -0.15) is 5.10 Å². The van der Waals surface area contributed by atoms with Crippen molar-refractivity contribution < 1.29 is 13.6 Å². The highest BCUT2D eigenvalue weighted by molar-refractivity contribution is 5.93. The zero-order valence-corrected chi connectivity index (χ0v) is 16.4. The van der Waals surface area contributed by atoms with Gasteiger partial charge >= 0.3 is 0 Å². The van der Waals surface area contributed by atoms with Crippen molar-refractivity contribution in [2.45, 2.75) is 17.9 Å². The first-order valence-electron chi connectivity index (χ1n) is 10.1. The van der Waals surface area contributed by atoms with E-state index < -0.39 is 6.43 Å². The van der Waals surface area contributed by atoms with E-state index in [1.54, 1.807) is 0 Å². The molecule has 5 heterocycles. The predicted octanol–water partition coefficient (Wildman–Crippen LogP) is 1.66. The Bertz CT molecular complexity index is 899. The lowest BCUT2D eigenvalue weighted by Gasteiger charge is -2.55. The molecule has 1 N–H and O–H groups in total. The molecular weight excluding hydrogens is 376 g/mol. The summed E-state index contributed by atoms with van der Waals surface area (Å²) in [5.41, 5.74) is 0.828. The maximum absolute atomic E-state index is 13.1. The molecule has 0 radical (unpaired) electrons. The molecule has 0 spiro atoms. The Morgan fingerprint density at radius 3 is 2.41 bits per heavy atom. The number of fused-ring (bicyclic) bond motifs is 1. The molecule has 1 aromatic carbocycles. The van der Waals surface area contributed by atoms with Crippen LogP contribution in [0, 0.1) is 5.92 Å². The van der Waals surface area contributed by atoms with Crippen molar-refractivity contribution in [1.29, 1.82) is 0 Å². The Kier molecular flexibility index (Phi) is 4.43. The largest absolute Gasteiger partial charge is 0.347 e. The smallest absolute Gasteiger partial charge is 0.282 e. The molecule has 2 aromatic rings. The van der Waals surface area contributed by atoms with Gasteiger partial charge in [0.1, 0.15) is 11.4 Å². The Morgan fingerprint density at radius 1 is 1.17 bits per heavy atom. The minimum absolute atomic E-state index is 0.0482. The second-order valence-corrected chi connectivity index (χ2v) is 8.58. The molecule has 4 fully saturated rings. The highest BCUT2D eigenvalue weighted by Gasteiger charge is 2.55. The Labute approximate surface area is 168 Å². The standard InChI is InChI=1S/C21H25F2N5O/c1-26-17(9-16(25-26)19(22)23)20(29)24-18-14-10-27-7-8-28(11-14)13-21(18,12-27)15-5-3-2-4-6-15/h2-6,9,14,18-19H,7-8,10-13H2,1H3,(H,24,29). The molecule has 4 bridgehead atoms. The van der Waals surface area contributed by atoms with E-state index in [1.807, 2.05) is 18.2 Å². The van der Waals surface area contributed by atoms with E-state index >= 15 is 0 Å². The molecule has 1 amide bonds. The summed E-state index contributed by atoms with van der Waals surface area (Å²) in [5, 5.41) is 7.04. The molecule has 0 aliphatic carbocycles. The number of halogens is 2. The fourth-order valence-corrected chi connectivity index (χ4v) is 5.59. The van der Waals surface area contributed by atoms with Crippen LogP contribution in [0.4, 0.5) is 8.78 Å². The van der Waals surface area contributed by atoms with Gasteiger partial charge in [0.15, 0.2) is 0 Å². The van der Waals surface area contributed by atoms with E-state index in [-0.39, 0.29) is 28.8 Å². The van der Waals surface area contributed by atoms with E-state index in [2.05, 4.69) is 32.3 Å². The summed E-state index contributed by atoms with van der Waals surface area (Å²) >= 11 is 0. The highest BCUT2D eigenvalue weighted by atomic mass is 19.3. The molecule has 6 rings (SSSR count). The Balaban J connectivity index is 1.50. The van der Waals surface area contributed by atoms with Gasteiger partial charge in [-0.25, -0.2) is 8.78 Å². The number of alkyl halides is 2. The molecule has 29 heavy (non-hydrogen) atoms. The molecule has 6 nitrogen and oxygen atoms in total. The minimum atomic E-state index is -2.69. The summed E-state index contributed by atoms with van der Waals surface area (Å²) in [7, 11) is 1.53. The SMILES string of the molecule is Cn1nc(C(F)F)cc1C(=O)NC1C2CN3CCN(C2)CC1(c1ccccc1)C3. The van der Waals surface area contributed by atoms with E-state index in [0.29, 0.717) is 5.92 Å². The van der Waals surface area contributed by atoms with Gasteiger partial charge in [0.2, 0.25) is 0 Å². The van der Waals surface area contributed by atoms with Crippen LogP contribution in [0.2, 0.25) is 0 Å². The van der Waals surface area contributed by atoms with Crippen LogP contribution in [-0.4, -0.2) is 70.8 Å². The molecule has 3 atom stereocenters. The number of rotatable bonds is 4. The van der Waals surface area contributed by atoms with Crippen molar-refractivity contribution in [2.24, 2.45) is 13.0 Å². The number of benzene rings is 1. The number of piperidine rings is 2. The normalized spacial score (nSPS) is 33.1. The summed E-state index contributed by atoms with van der Waals surface area (Å²) < 4.78 is 27.3. The van der Waals surface area contributed by atoms with Crippen LogP contribution in [0.5, 0.6) is 0 Å². The molecule has 154 valence electrons. The van der Waals surface area contributed by atoms with Gasteiger partial charge in [-0.3, -0.25) is 9.48 Å². The first kappa shape index (κ1) is 18.7. The highest BCUT2D eigenvalue weighted by Crippen LogP contribution is 2.43. The lowest BCUT2D eigenvalue weighted by Crippen LogP contribution is -2.70. The van der Waals surface area contributed by atoms with Crippen molar-refractivity contribution in [1.82, 2.24) is 24.9 Å². The van der Waals surface area contributed by atoms with Gasteiger partial charge in [0.05, 0.1) is 0 Å². The Hall–Kier alpha value is -2.32. The second-order valence-electron chi connectivity index (χ2n) is 8.58. The maximum Gasteiger partial charge on any atom is 0.282 e. The summed E-state index contributed by atoms with van der Waals surface area (Å²) in [6, 6.07) is 11.5. The summed E-state index contributed by atoms with van der Waals surface area (Å²) in [4.78, 5) is 18.1. The van der Waals surface area contributed by atoms with E-state index in [0.717, 1.165) is 39.3 Å². The van der Waals surface area contributed by atoms with Crippen molar-refractivity contribution in [2.75, 3.05) is 39.3 Å². The predicted molar refractivity (Wildman–Crippen MR) is 104 cm³/mol. The third kappa shape index (κ3) is 3.05. The van der Waals surface area contributed by atoms with Gasteiger partial charge in [-0.15, -0.1) is 0 Å². The van der Waals surface area contributed by atoms with Crippen LogP contribution < -0.4 is 5.32 Å². The zero-order valence-electron chi connectivity index (χ0n) is 16.4. The number of carbonyl (C=O) groups excluding carboxylic acids is 1. The number of hydrogen-bond donors (Lipinski definition) is 1. The van der Waals surface area contributed by atoms with Gasteiger partial charge in [0.25, 0.3) is 12.3 Å². The van der Waals surface area contributed by atoms with Crippen molar-refractivity contribution >= 4 is 5.91 Å². The average molecular weight is 401 g/mol. The monoisotopic (exact) mass is 401 g/mol. The summed E-state index contributed by atoms with van der Waals surface area (Å²) in [6.07, 6.45) is -2.69. The number of aryl methyl sites for hydroxylation is 1. The quantitative estimate of drug-likeness (QED) is 0.847. The minimum Gasteiger partial charge on any atom is -0.347 e. The summed E-state index contributed by atoms with van der Waals surface area (Å²) in [5.74, 6) is -0.0321. The first-order valence-corrected chi connectivity index (χ1v) is 10.1. The van der Waals surface area contributed by atoms with Crippen LogP contribution >= 0.6 is 0 Å². The van der Waals surface area contributed by atoms with Crippen LogP contribution in [0.25, 0.3) is 0 Å². The number of aromatic nitrogens is 2. The number of amides is 1. The average Bonchev–Trinajstić information content (AvgIpc) is 2.93. The molecule has 4 saturated heterocycles. The van der Waals surface area contributed by atoms with Crippen molar-refractivity contribution in [3.05, 3.63) is 53.3 Å². The van der Waals surface area contributed by atoms with Gasteiger partial charge in [-0.1, -0.05) is 30.3 Å². The number of nitrogens with zero attached hydrogens (tertiary/aromatic N) is 4. The lowest BCUT2D eigenvalue weighted by molar-refractivity contribution is 0.0178. The maximum atomic E-state index is 13.1. The van der Waals surface area contributed by atoms with Crippen LogP contribution in [0.3, 0.4) is 0 Å². The molecule has 3 unspecified atom stereocenters. The Morgan fingerprint density at radius 2 is 1.83 bits per heavy atom. The second kappa shape index (κ2) is 6.88. The number of nitrogens with one attached hydrogen (secondary N) is 1. The van der Waals surface area contributed by atoms with Crippen LogP contribution in [-0.2, 0) is 12.5 Å². The van der Waals surface area contributed by atoms with Crippen LogP contribution in [0.1, 0.15) is 28.2 Å². The molecular formula is C21H25F2N5O. The molecule has 8 heteroatoms. The van der Waals surface area contributed by atoms with Crippen LogP contribution in [0.15, 0.2) is 36.4 Å². The lowest BCUT2D eigenvalue weighted by atomic mass is 9.64. The number of carbonyl (C=O) groups is 1. The summed E-state index contributed by atoms with van der Waals surface area (Å²) in [6.45, 7) is 5.77. The van der Waals surface area contributed by atoms with E-state index in [1.165, 1.54) is 23.4 Å². The third-order valence-electron chi connectivity index (χ3n) is 6.79. The molecule has 4 aliphatic heterocycles. The molecule has 1 aromatic heterocycles. The topological polar surface area (TPSA) is 53.4 Å². The fourth-order valence-electron chi connectivity index (χ4n) is 5.59. The van der Waals surface area contributed by atoms with Crippen molar-refractivity contribution in [3.8, 4) is 0 Å². The van der Waals surface area contributed by atoms with Gasteiger partial charge < -0.3 is 15.1 Å². The van der Waals surface area contributed by atoms with E-state index in [9.17, 15) is 13.6 Å². The number of hydrogen-bond acceptors (Lipinski definition) is 4. The zero-order chi connectivity index (χ0) is 20.2. The molecule has 4 aliphatic rings. The molecule has 0 saturated carbocycles. The van der Waals surface area contributed by atoms with Gasteiger partial charge in [-0.05, 0) is 11.6 Å². The van der Waals surface area contributed by atoms with E-state index in [4.69, 9.17) is 0 Å². The van der Waals surface area contributed by atoms with Crippen molar-refractivity contribution in [3.63, 3.8) is 0 Å². The van der Waals surface area contributed by atoms with Gasteiger partial charge in [0, 0.05) is 63.7 Å².